The van der Waals surface area contributed by atoms with E-state index in [1.165, 1.54) is 0 Å². The molecule has 0 aromatic heterocycles. The molecule has 0 saturated heterocycles. The number of hydrogen-bond donors (Lipinski definition) is 2. The molecule has 0 aliphatic heterocycles. The Morgan fingerprint density at radius 3 is 2.79 bits per heavy atom. The number of nitrogens with two attached hydrogens (primary N) is 1. The van der Waals surface area contributed by atoms with Gasteiger partial charge in [-0.05, 0) is 31.5 Å². The van der Waals surface area contributed by atoms with Gasteiger partial charge in [0, 0.05) is 0 Å². The van der Waals surface area contributed by atoms with Gasteiger partial charge in [-0.25, -0.2) is 0 Å². The van der Waals surface area contributed by atoms with Gasteiger partial charge in [0.1, 0.15) is 0 Å². The van der Waals surface area contributed by atoms with Crippen molar-refractivity contribution in [2.45, 2.75) is 13.3 Å². The van der Waals surface area contributed by atoms with Crippen LogP contribution in [0.4, 0.5) is 0 Å². The number of phenols is 1. The number of phenolic OH excluding ortho intramolecular Hbond substituents is 1. The molecule has 0 amide bonds. The summed E-state index contributed by atoms with van der Waals surface area (Å²) < 4.78 is 5.23. The Balaban J connectivity index is 3.05. The van der Waals surface area contributed by atoms with E-state index in [-0.39, 0.29) is 5.75 Å². The van der Waals surface area contributed by atoms with E-state index in [9.17, 15) is 5.11 Å². The summed E-state index contributed by atoms with van der Waals surface area (Å²) >= 11 is 6.03. The summed E-state index contributed by atoms with van der Waals surface area (Å²) in [4.78, 5) is 0. The van der Waals surface area contributed by atoms with Gasteiger partial charge in [-0.3, -0.25) is 0 Å². The molecule has 0 atom stereocenters. The highest BCUT2D eigenvalue weighted by molar-refractivity contribution is 6.33. The molecule has 1 rings (SSSR count). The van der Waals surface area contributed by atoms with Crippen LogP contribution in [0.5, 0.6) is 11.5 Å². The first-order chi connectivity index (χ1) is 6.70. The fourth-order valence-electron chi connectivity index (χ4n) is 1.22. The van der Waals surface area contributed by atoms with Gasteiger partial charge in [0.15, 0.2) is 11.5 Å². The topological polar surface area (TPSA) is 55.5 Å². The monoisotopic (exact) mass is 215 g/mol. The summed E-state index contributed by atoms with van der Waals surface area (Å²) in [7, 11) is 0. The average Bonchev–Trinajstić information content (AvgIpc) is 2.17. The van der Waals surface area contributed by atoms with Gasteiger partial charge in [-0.15, -0.1) is 0 Å². The third-order valence-electron chi connectivity index (χ3n) is 1.86. The quantitative estimate of drug-likeness (QED) is 0.807. The van der Waals surface area contributed by atoms with E-state index in [2.05, 4.69) is 0 Å². The van der Waals surface area contributed by atoms with Crippen LogP contribution in [0, 0.1) is 0 Å². The van der Waals surface area contributed by atoms with Crippen molar-refractivity contribution >= 4 is 11.6 Å². The number of halogens is 1. The maximum absolute atomic E-state index is 9.47. The Kier molecular flexibility index (Phi) is 4.04. The number of rotatable bonds is 4. The van der Waals surface area contributed by atoms with E-state index >= 15 is 0 Å². The summed E-state index contributed by atoms with van der Waals surface area (Å²) in [5.41, 5.74) is 6.33. The predicted molar refractivity (Wildman–Crippen MR) is 57.0 cm³/mol. The maximum Gasteiger partial charge on any atom is 0.179 e. The Morgan fingerprint density at radius 1 is 1.50 bits per heavy atom. The SMILES string of the molecule is CCOc1c(O)ccc(CCN)c1Cl. The molecule has 0 fully saturated rings. The van der Waals surface area contributed by atoms with Crippen LogP contribution in [0.1, 0.15) is 12.5 Å². The van der Waals surface area contributed by atoms with Crippen LogP contribution < -0.4 is 10.5 Å². The molecule has 0 bridgehead atoms. The molecule has 1 aromatic carbocycles. The standard InChI is InChI=1S/C10H14ClNO2/c1-2-14-10-8(13)4-3-7(5-6-12)9(10)11/h3-4,13H,2,5-6,12H2,1H3. The van der Waals surface area contributed by atoms with E-state index < -0.39 is 0 Å². The molecule has 0 heterocycles. The average molecular weight is 216 g/mol. The minimum Gasteiger partial charge on any atom is -0.504 e. The molecule has 4 heteroatoms. The van der Waals surface area contributed by atoms with Crippen molar-refractivity contribution in [1.82, 2.24) is 0 Å². The van der Waals surface area contributed by atoms with Crippen molar-refractivity contribution in [3.8, 4) is 11.5 Å². The van der Waals surface area contributed by atoms with Crippen LogP contribution in [0.25, 0.3) is 0 Å². The number of benzene rings is 1. The molecule has 3 N–H and O–H groups in total. The molecular formula is C10H14ClNO2. The number of hydrogen-bond acceptors (Lipinski definition) is 3. The second-order valence-electron chi connectivity index (χ2n) is 2.86. The molecule has 78 valence electrons. The highest BCUT2D eigenvalue weighted by Crippen LogP contribution is 2.36. The molecule has 0 unspecified atom stereocenters. The summed E-state index contributed by atoms with van der Waals surface area (Å²) in [6.07, 6.45) is 0.680. The third-order valence-corrected chi connectivity index (χ3v) is 2.27. The number of aromatic hydroxyl groups is 1. The van der Waals surface area contributed by atoms with Gasteiger partial charge in [0.2, 0.25) is 0 Å². The zero-order valence-corrected chi connectivity index (χ0v) is 8.84. The molecule has 0 aliphatic rings. The zero-order chi connectivity index (χ0) is 10.6. The first-order valence-corrected chi connectivity index (χ1v) is 4.91. The Bertz CT molecular complexity index is 315. The number of ether oxygens (including phenoxy) is 1. The largest absolute Gasteiger partial charge is 0.504 e. The van der Waals surface area contributed by atoms with Crippen molar-refractivity contribution < 1.29 is 9.84 Å². The first kappa shape index (κ1) is 11.1. The maximum atomic E-state index is 9.47. The Hall–Kier alpha value is -0.930. The van der Waals surface area contributed by atoms with Crippen LogP contribution >= 0.6 is 11.6 Å². The lowest BCUT2D eigenvalue weighted by molar-refractivity contribution is 0.318. The molecular weight excluding hydrogens is 202 g/mol. The van der Waals surface area contributed by atoms with Gasteiger partial charge in [-0.2, -0.15) is 0 Å². The lowest BCUT2D eigenvalue weighted by Gasteiger charge is -2.11. The Morgan fingerprint density at radius 2 is 2.21 bits per heavy atom. The summed E-state index contributed by atoms with van der Waals surface area (Å²) in [5, 5.41) is 9.93. The van der Waals surface area contributed by atoms with Crippen molar-refractivity contribution in [3.05, 3.63) is 22.7 Å². The fraction of sp³-hybridized carbons (Fsp3) is 0.400. The highest BCUT2D eigenvalue weighted by atomic mass is 35.5. The summed E-state index contributed by atoms with van der Waals surface area (Å²) in [6.45, 7) is 2.83. The van der Waals surface area contributed by atoms with Gasteiger partial charge >= 0.3 is 0 Å². The van der Waals surface area contributed by atoms with E-state index in [1.54, 1.807) is 12.1 Å². The lowest BCUT2D eigenvalue weighted by atomic mass is 10.1. The van der Waals surface area contributed by atoms with Crippen LogP contribution in [0.3, 0.4) is 0 Å². The van der Waals surface area contributed by atoms with Gasteiger partial charge in [-0.1, -0.05) is 17.7 Å². The molecule has 1 aromatic rings. The molecule has 0 aliphatic carbocycles. The van der Waals surface area contributed by atoms with E-state index in [4.69, 9.17) is 22.1 Å². The minimum absolute atomic E-state index is 0.0672. The second kappa shape index (κ2) is 5.08. The smallest absolute Gasteiger partial charge is 0.179 e. The van der Waals surface area contributed by atoms with Crippen LogP contribution in [-0.2, 0) is 6.42 Å². The second-order valence-corrected chi connectivity index (χ2v) is 3.24. The van der Waals surface area contributed by atoms with Crippen molar-refractivity contribution in [3.63, 3.8) is 0 Å². The van der Waals surface area contributed by atoms with Crippen molar-refractivity contribution in [1.29, 1.82) is 0 Å². The molecule has 0 radical (unpaired) electrons. The van der Waals surface area contributed by atoms with Gasteiger partial charge < -0.3 is 15.6 Å². The van der Waals surface area contributed by atoms with E-state index in [1.807, 2.05) is 6.92 Å². The minimum atomic E-state index is 0.0672. The summed E-state index contributed by atoms with van der Waals surface area (Å²) in [6, 6.07) is 3.33. The highest BCUT2D eigenvalue weighted by Gasteiger charge is 2.11. The van der Waals surface area contributed by atoms with E-state index in [0.29, 0.717) is 30.3 Å². The fourth-order valence-corrected chi connectivity index (χ4v) is 1.53. The Labute approximate surface area is 88.4 Å². The van der Waals surface area contributed by atoms with Crippen molar-refractivity contribution in [2.24, 2.45) is 5.73 Å². The summed E-state index contributed by atoms with van der Waals surface area (Å²) in [5.74, 6) is 0.415. The van der Waals surface area contributed by atoms with Gasteiger partial charge in [0.05, 0.1) is 11.6 Å². The van der Waals surface area contributed by atoms with Crippen LogP contribution in [0.2, 0.25) is 5.02 Å². The lowest BCUT2D eigenvalue weighted by Crippen LogP contribution is -2.04. The van der Waals surface area contributed by atoms with Gasteiger partial charge in [0.25, 0.3) is 0 Å². The molecule has 0 spiro atoms. The third kappa shape index (κ3) is 2.30. The van der Waals surface area contributed by atoms with Crippen LogP contribution in [-0.4, -0.2) is 18.3 Å². The predicted octanol–water partition coefficient (Wildman–Crippen LogP) is 1.95. The normalized spacial score (nSPS) is 10.2. The van der Waals surface area contributed by atoms with Crippen molar-refractivity contribution in [2.75, 3.05) is 13.2 Å². The first-order valence-electron chi connectivity index (χ1n) is 4.53. The van der Waals surface area contributed by atoms with Crippen LogP contribution in [0.15, 0.2) is 12.1 Å². The van der Waals surface area contributed by atoms with E-state index in [0.717, 1.165) is 5.56 Å². The molecule has 0 saturated carbocycles. The molecule has 14 heavy (non-hydrogen) atoms. The zero-order valence-electron chi connectivity index (χ0n) is 8.09. The molecule has 3 nitrogen and oxygen atoms in total.